The van der Waals surface area contributed by atoms with Crippen LogP contribution in [0.5, 0.6) is 5.75 Å². The van der Waals surface area contributed by atoms with E-state index in [-0.39, 0.29) is 12.2 Å². The molecule has 0 bridgehead atoms. The fourth-order valence-corrected chi connectivity index (χ4v) is 3.20. The molecule has 1 aliphatic rings. The van der Waals surface area contributed by atoms with Gasteiger partial charge >= 0.3 is 0 Å². The fraction of sp³-hybridized carbons (Fsp3) is 0.727. The van der Waals surface area contributed by atoms with Gasteiger partial charge in [-0.3, -0.25) is 0 Å². The van der Waals surface area contributed by atoms with Gasteiger partial charge in [0, 0.05) is 0 Å². The Morgan fingerprint density at radius 1 is 0.840 bits per heavy atom. The van der Waals surface area contributed by atoms with Crippen molar-refractivity contribution in [1.29, 1.82) is 0 Å². The maximum Gasteiger partial charge on any atom is 0.119 e. The highest BCUT2D eigenvalue weighted by Crippen LogP contribution is 2.26. The van der Waals surface area contributed by atoms with Gasteiger partial charge < -0.3 is 14.2 Å². The van der Waals surface area contributed by atoms with Crippen molar-refractivity contribution in [2.24, 2.45) is 0 Å². The molecule has 3 heteroatoms. The molecule has 0 amide bonds. The molecular weight excluding hydrogens is 312 g/mol. The largest absolute Gasteiger partial charge is 0.494 e. The first kappa shape index (κ1) is 20.3. The van der Waals surface area contributed by atoms with Crippen molar-refractivity contribution in [1.82, 2.24) is 0 Å². The third kappa shape index (κ3) is 7.79. The first-order valence-corrected chi connectivity index (χ1v) is 10.3. The van der Waals surface area contributed by atoms with Crippen molar-refractivity contribution >= 4 is 0 Å². The van der Waals surface area contributed by atoms with Gasteiger partial charge in [-0.25, -0.2) is 0 Å². The van der Waals surface area contributed by atoms with Crippen molar-refractivity contribution < 1.29 is 14.2 Å². The molecule has 1 aromatic rings. The van der Waals surface area contributed by atoms with Crippen LogP contribution in [-0.2, 0) is 9.47 Å². The first-order valence-electron chi connectivity index (χ1n) is 10.3. The molecule has 0 aromatic heterocycles. The van der Waals surface area contributed by atoms with Crippen LogP contribution >= 0.6 is 0 Å². The zero-order valence-corrected chi connectivity index (χ0v) is 16.2. The Bertz CT molecular complexity index is 435. The number of hydrogen-bond donors (Lipinski definition) is 0. The molecule has 2 rings (SSSR count). The van der Waals surface area contributed by atoms with E-state index < -0.39 is 0 Å². The Morgan fingerprint density at radius 2 is 1.56 bits per heavy atom. The predicted molar refractivity (Wildman–Crippen MR) is 103 cm³/mol. The maximum atomic E-state index is 6.04. The van der Waals surface area contributed by atoms with Gasteiger partial charge in [0.05, 0.1) is 25.9 Å². The minimum atomic E-state index is 0.0606. The van der Waals surface area contributed by atoms with Gasteiger partial charge in [0.1, 0.15) is 11.9 Å². The number of unbranched alkanes of at least 4 members (excludes halogenated alkanes) is 6. The van der Waals surface area contributed by atoms with E-state index in [0.29, 0.717) is 13.2 Å². The predicted octanol–water partition coefficient (Wildman–Crippen LogP) is 6.07. The lowest BCUT2D eigenvalue weighted by Crippen LogP contribution is -2.31. The SMILES string of the molecule is CCCCCCC[C@@H]1CO[C@@H](c2ccc(OCCCCC)cc2)CO1. The summed E-state index contributed by atoms with van der Waals surface area (Å²) in [5, 5.41) is 0. The van der Waals surface area contributed by atoms with Crippen LogP contribution in [0, 0.1) is 0 Å². The van der Waals surface area contributed by atoms with E-state index >= 15 is 0 Å². The standard InChI is InChI=1S/C22H36O3/c1-3-5-7-8-9-11-21-17-25-22(18-24-21)19-12-14-20(15-13-19)23-16-10-6-4-2/h12-15,21-22H,3-11,16-18H2,1-2H3/t21-,22-/m1/s1. The number of rotatable bonds is 12. The van der Waals surface area contributed by atoms with Gasteiger partial charge in [-0.2, -0.15) is 0 Å². The van der Waals surface area contributed by atoms with E-state index in [9.17, 15) is 0 Å². The molecule has 1 fully saturated rings. The molecule has 3 nitrogen and oxygen atoms in total. The zero-order chi connectivity index (χ0) is 17.7. The highest BCUT2D eigenvalue weighted by Gasteiger charge is 2.23. The second kappa shape index (κ2) is 12.3. The Hall–Kier alpha value is -1.06. The highest BCUT2D eigenvalue weighted by molar-refractivity contribution is 5.28. The Balaban J connectivity index is 1.64. The monoisotopic (exact) mass is 348 g/mol. The average molecular weight is 349 g/mol. The summed E-state index contributed by atoms with van der Waals surface area (Å²) in [6.45, 7) is 6.64. The topological polar surface area (TPSA) is 27.7 Å². The van der Waals surface area contributed by atoms with Crippen LogP contribution < -0.4 is 4.74 Å². The second-order valence-corrected chi connectivity index (χ2v) is 7.10. The van der Waals surface area contributed by atoms with Crippen molar-refractivity contribution in [3.8, 4) is 5.75 Å². The van der Waals surface area contributed by atoms with Crippen LogP contribution in [-0.4, -0.2) is 25.9 Å². The van der Waals surface area contributed by atoms with E-state index in [1.165, 1.54) is 50.5 Å². The lowest BCUT2D eigenvalue weighted by molar-refractivity contribution is -0.137. The summed E-state index contributed by atoms with van der Waals surface area (Å²) in [5.41, 5.74) is 1.18. The zero-order valence-electron chi connectivity index (χ0n) is 16.2. The van der Waals surface area contributed by atoms with Crippen LogP contribution in [0.3, 0.4) is 0 Å². The summed E-state index contributed by atoms with van der Waals surface area (Å²) in [6.07, 6.45) is 11.6. The third-order valence-electron chi connectivity index (χ3n) is 4.86. The van der Waals surface area contributed by atoms with Crippen LogP contribution in [0.15, 0.2) is 24.3 Å². The lowest BCUT2D eigenvalue weighted by Gasteiger charge is -2.30. The van der Waals surface area contributed by atoms with Gasteiger partial charge in [-0.05, 0) is 30.5 Å². The summed E-state index contributed by atoms with van der Waals surface area (Å²) in [4.78, 5) is 0. The lowest BCUT2D eigenvalue weighted by atomic mass is 10.1. The van der Waals surface area contributed by atoms with Gasteiger partial charge in [0.25, 0.3) is 0 Å². The van der Waals surface area contributed by atoms with Crippen LogP contribution in [0.1, 0.15) is 83.3 Å². The molecule has 142 valence electrons. The molecule has 0 aliphatic carbocycles. The average Bonchev–Trinajstić information content (AvgIpc) is 2.66. The second-order valence-electron chi connectivity index (χ2n) is 7.10. The Kier molecular flexibility index (Phi) is 9.98. The molecule has 2 atom stereocenters. The van der Waals surface area contributed by atoms with E-state index in [1.54, 1.807) is 0 Å². The molecule has 0 N–H and O–H groups in total. The minimum Gasteiger partial charge on any atom is -0.494 e. The fourth-order valence-electron chi connectivity index (χ4n) is 3.20. The van der Waals surface area contributed by atoms with Gasteiger partial charge in [0.2, 0.25) is 0 Å². The molecule has 25 heavy (non-hydrogen) atoms. The summed E-state index contributed by atoms with van der Waals surface area (Å²) >= 11 is 0. The van der Waals surface area contributed by atoms with E-state index in [1.807, 2.05) is 12.1 Å². The van der Waals surface area contributed by atoms with Gasteiger partial charge in [0.15, 0.2) is 0 Å². The highest BCUT2D eigenvalue weighted by atomic mass is 16.6. The smallest absolute Gasteiger partial charge is 0.119 e. The van der Waals surface area contributed by atoms with E-state index in [4.69, 9.17) is 14.2 Å². The third-order valence-corrected chi connectivity index (χ3v) is 4.86. The Labute approximate surface area is 154 Å². The first-order chi connectivity index (χ1) is 12.3. The van der Waals surface area contributed by atoms with Gasteiger partial charge in [-0.1, -0.05) is 70.9 Å². The van der Waals surface area contributed by atoms with Crippen molar-refractivity contribution in [2.45, 2.75) is 83.8 Å². The molecule has 1 aliphatic heterocycles. The summed E-state index contributed by atoms with van der Waals surface area (Å²) in [5.74, 6) is 0.946. The summed E-state index contributed by atoms with van der Waals surface area (Å²) in [6, 6.07) is 8.30. The van der Waals surface area contributed by atoms with Crippen molar-refractivity contribution in [2.75, 3.05) is 19.8 Å². The van der Waals surface area contributed by atoms with Crippen molar-refractivity contribution in [3.05, 3.63) is 29.8 Å². The molecule has 1 aromatic carbocycles. The summed E-state index contributed by atoms with van der Waals surface area (Å²) in [7, 11) is 0. The quantitative estimate of drug-likeness (QED) is 0.429. The molecule has 0 radical (unpaired) electrons. The van der Waals surface area contributed by atoms with E-state index in [2.05, 4.69) is 26.0 Å². The molecule has 0 saturated carbocycles. The number of ether oxygens (including phenoxy) is 3. The molecule has 0 spiro atoms. The molecule has 1 heterocycles. The van der Waals surface area contributed by atoms with Crippen LogP contribution in [0.25, 0.3) is 0 Å². The molecule has 0 unspecified atom stereocenters. The minimum absolute atomic E-state index is 0.0606. The number of benzene rings is 1. The van der Waals surface area contributed by atoms with Crippen LogP contribution in [0.4, 0.5) is 0 Å². The van der Waals surface area contributed by atoms with Crippen LogP contribution in [0.2, 0.25) is 0 Å². The molecule has 1 saturated heterocycles. The number of hydrogen-bond acceptors (Lipinski definition) is 3. The van der Waals surface area contributed by atoms with Gasteiger partial charge in [-0.15, -0.1) is 0 Å². The summed E-state index contributed by atoms with van der Waals surface area (Å²) < 4.78 is 17.8. The molecular formula is C22H36O3. The van der Waals surface area contributed by atoms with E-state index in [0.717, 1.165) is 25.2 Å². The van der Waals surface area contributed by atoms with Crippen molar-refractivity contribution in [3.63, 3.8) is 0 Å². The normalized spacial score (nSPS) is 20.6. The maximum absolute atomic E-state index is 6.04. The Morgan fingerprint density at radius 3 is 2.24 bits per heavy atom.